The van der Waals surface area contributed by atoms with Crippen molar-refractivity contribution in [1.29, 1.82) is 0 Å². The predicted octanol–water partition coefficient (Wildman–Crippen LogP) is 5.58. The summed E-state index contributed by atoms with van der Waals surface area (Å²) < 4.78 is 66.2. The first-order valence-corrected chi connectivity index (χ1v) is 8.77. The Labute approximate surface area is 172 Å². The van der Waals surface area contributed by atoms with E-state index in [-0.39, 0.29) is 5.56 Å². The number of alkyl halides is 3. The second kappa shape index (κ2) is 11.7. The van der Waals surface area contributed by atoms with Gasteiger partial charge >= 0.3 is 6.18 Å². The first-order valence-electron chi connectivity index (χ1n) is 8.77. The lowest BCUT2D eigenvalue weighted by Gasteiger charge is -2.19. The summed E-state index contributed by atoms with van der Waals surface area (Å²) in [6.07, 6.45) is 4.64. The van der Waals surface area contributed by atoms with E-state index in [1.807, 2.05) is 18.2 Å². The lowest BCUT2D eigenvalue weighted by Crippen LogP contribution is -2.11. The smallest absolute Gasteiger partial charge is 0.333 e. The van der Waals surface area contributed by atoms with Crippen LogP contribution in [0, 0.1) is 24.5 Å². The summed E-state index contributed by atoms with van der Waals surface area (Å²) in [6, 6.07) is 14.1. The molecule has 1 atom stereocenters. The molecule has 2 N–H and O–H groups in total. The van der Waals surface area contributed by atoms with E-state index in [9.17, 15) is 22.0 Å². The van der Waals surface area contributed by atoms with E-state index in [1.165, 1.54) is 19.2 Å². The average molecular weight is 420 g/mol. The van der Waals surface area contributed by atoms with Crippen LogP contribution >= 0.6 is 0 Å². The van der Waals surface area contributed by atoms with E-state index >= 15 is 0 Å². The normalized spacial score (nSPS) is 11.4. The summed E-state index contributed by atoms with van der Waals surface area (Å²) in [4.78, 5) is 3.99. The molecule has 1 heterocycles. The molecule has 0 saturated heterocycles. The molecule has 158 valence electrons. The maximum atomic E-state index is 13.9. The quantitative estimate of drug-likeness (QED) is 0.442. The van der Waals surface area contributed by atoms with Crippen LogP contribution in [0.3, 0.4) is 0 Å². The lowest BCUT2D eigenvalue weighted by atomic mass is 9.88. The van der Waals surface area contributed by atoms with Gasteiger partial charge in [-0.15, -0.1) is 12.8 Å². The zero-order chi connectivity index (χ0) is 22.7. The first-order chi connectivity index (χ1) is 14.3. The van der Waals surface area contributed by atoms with Crippen LogP contribution in [0.4, 0.5) is 22.0 Å². The number of nitrogens with two attached hydrogens (primary N) is 1. The van der Waals surface area contributed by atoms with Crippen LogP contribution in [-0.4, -0.2) is 12.0 Å². The molecule has 7 heteroatoms. The largest absolute Gasteiger partial charge is 0.416 e. The van der Waals surface area contributed by atoms with Gasteiger partial charge in [0.2, 0.25) is 0 Å². The molecule has 0 saturated carbocycles. The molecular weight excluding hydrogens is 399 g/mol. The molecule has 3 aromatic rings. The van der Waals surface area contributed by atoms with E-state index < -0.39 is 29.3 Å². The van der Waals surface area contributed by atoms with E-state index in [4.69, 9.17) is 0 Å². The van der Waals surface area contributed by atoms with E-state index in [0.717, 1.165) is 23.9 Å². The topological polar surface area (TPSA) is 38.9 Å². The Bertz CT molecular complexity index is 920. The van der Waals surface area contributed by atoms with Crippen molar-refractivity contribution < 1.29 is 22.0 Å². The number of benzene rings is 2. The highest BCUT2D eigenvalue weighted by Gasteiger charge is 2.32. The third-order valence-corrected chi connectivity index (χ3v) is 4.04. The van der Waals surface area contributed by atoms with Crippen LogP contribution in [0.25, 0.3) is 0 Å². The standard InChI is InChI=1S/C20H14F5N.C2H2.CH5N/c21-16-6-7-19(26-12-16)18(8-13-4-2-1-3-5-13)14-9-15(20(23,24)25)11-17(22)10-14;2*1-2/h1-7,9-12,18H,8H2;1-2H;2H2,1H3/t18-;;/m0../s1. The molecule has 0 fully saturated rings. The van der Waals surface area contributed by atoms with Gasteiger partial charge in [0.05, 0.1) is 11.8 Å². The second-order valence-electron chi connectivity index (χ2n) is 5.91. The zero-order valence-corrected chi connectivity index (χ0v) is 16.2. The molecule has 0 aliphatic rings. The average Bonchev–Trinajstić information content (AvgIpc) is 2.75. The van der Waals surface area contributed by atoms with Crippen molar-refractivity contribution in [1.82, 2.24) is 4.98 Å². The van der Waals surface area contributed by atoms with Gasteiger partial charge in [0.1, 0.15) is 11.6 Å². The number of hydrogen-bond acceptors (Lipinski definition) is 2. The van der Waals surface area contributed by atoms with Gasteiger partial charge in [0.25, 0.3) is 0 Å². The summed E-state index contributed by atoms with van der Waals surface area (Å²) in [5.74, 6) is -2.17. The summed E-state index contributed by atoms with van der Waals surface area (Å²) in [5, 5.41) is 0. The summed E-state index contributed by atoms with van der Waals surface area (Å²) >= 11 is 0. The van der Waals surface area contributed by atoms with Crippen molar-refractivity contribution in [2.45, 2.75) is 18.5 Å². The maximum Gasteiger partial charge on any atom is 0.416 e. The van der Waals surface area contributed by atoms with Crippen molar-refractivity contribution in [2.75, 3.05) is 7.05 Å². The minimum atomic E-state index is -4.66. The maximum absolute atomic E-state index is 13.9. The van der Waals surface area contributed by atoms with Gasteiger partial charge in [-0.2, -0.15) is 13.2 Å². The highest BCUT2D eigenvalue weighted by atomic mass is 19.4. The first kappa shape index (κ1) is 24.8. The van der Waals surface area contributed by atoms with Gasteiger partial charge in [-0.05, 0) is 54.9 Å². The molecule has 0 radical (unpaired) electrons. The molecule has 0 aliphatic heterocycles. The SMILES string of the molecule is C#C.CN.Fc1ccc([C@@H](Cc2ccccc2)c2cc(F)cc(C(F)(F)F)c2)nc1. The van der Waals surface area contributed by atoms with Crippen molar-refractivity contribution in [3.63, 3.8) is 0 Å². The fraction of sp³-hybridized carbons (Fsp3) is 0.174. The van der Waals surface area contributed by atoms with E-state index in [2.05, 4.69) is 23.6 Å². The van der Waals surface area contributed by atoms with Crippen molar-refractivity contribution >= 4 is 0 Å². The third kappa shape index (κ3) is 6.98. The number of halogens is 5. The van der Waals surface area contributed by atoms with Gasteiger partial charge in [-0.3, -0.25) is 4.98 Å². The highest BCUT2D eigenvalue weighted by molar-refractivity contribution is 5.36. The predicted molar refractivity (Wildman–Crippen MR) is 108 cm³/mol. The van der Waals surface area contributed by atoms with E-state index in [1.54, 1.807) is 12.1 Å². The number of terminal acetylenes is 1. The van der Waals surface area contributed by atoms with Crippen LogP contribution in [0.15, 0.2) is 66.9 Å². The lowest BCUT2D eigenvalue weighted by molar-refractivity contribution is -0.137. The fourth-order valence-corrected chi connectivity index (χ4v) is 2.81. The zero-order valence-electron chi connectivity index (χ0n) is 16.2. The van der Waals surface area contributed by atoms with Gasteiger partial charge in [0, 0.05) is 11.6 Å². The van der Waals surface area contributed by atoms with Crippen LogP contribution in [-0.2, 0) is 12.6 Å². The molecular formula is C23H21F5N2. The molecule has 3 rings (SSSR count). The minimum absolute atomic E-state index is 0.139. The van der Waals surface area contributed by atoms with Crippen molar-refractivity contribution in [3.05, 3.63) is 101 Å². The number of pyridine rings is 1. The van der Waals surface area contributed by atoms with Gasteiger partial charge in [-0.1, -0.05) is 30.3 Å². The summed E-state index contributed by atoms with van der Waals surface area (Å²) in [5.41, 5.74) is 4.79. The number of nitrogens with zero attached hydrogens (tertiary/aromatic N) is 1. The summed E-state index contributed by atoms with van der Waals surface area (Å²) in [6.45, 7) is 0. The Morgan fingerprint density at radius 2 is 1.53 bits per heavy atom. The number of rotatable bonds is 4. The fourth-order valence-electron chi connectivity index (χ4n) is 2.81. The monoisotopic (exact) mass is 420 g/mol. The Balaban J connectivity index is 0.00000106. The molecule has 0 unspecified atom stereocenters. The minimum Gasteiger partial charge on any atom is -0.333 e. The van der Waals surface area contributed by atoms with Crippen LogP contribution < -0.4 is 5.73 Å². The third-order valence-electron chi connectivity index (χ3n) is 4.04. The van der Waals surface area contributed by atoms with Crippen molar-refractivity contribution in [3.8, 4) is 12.8 Å². The van der Waals surface area contributed by atoms with E-state index in [0.29, 0.717) is 18.2 Å². The van der Waals surface area contributed by atoms with Gasteiger partial charge in [0.15, 0.2) is 0 Å². The van der Waals surface area contributed by atoms with Gasteiger partial charge < -0.3 is 5.73 Å². The Morgan fingerprint density at radius 1 is 0.900 bits per heavy atom. The second-order valence-corrected chi connectivity index (χ2v) is 5.91. The molecule has 0 bridgehead atoms. The molecule has 1 aromatic heterocycles. The summed E-state index contributed by atoms with van der Waals surface area (Å²) in [7, 11) is 1.50. The molecule has 30 heavy (non-hydrogen) atoms. The highest BCUT2D eigenvalue weighted by Crippen LogP contribution is 2.34. The molecule has 2 nitrogen and oxygen atoms in total. The van der Waals surface area contributed by atoms with Crippen LogP contribution in [0.1, 0.15) is 28.3 Å². The Morgan fingerprint density at radius 3 is 2.07 bits per heavy atom. The molecule has 2 aromatic carbocycles. The molecule has 0 amide bonds. The van der Waals surface area contributed by atoms with Gasteiger partial charge in [-0.25, -0.2) is 8.78 Å². The number of aromatic nitrogens is 1. The number of hydrogen-bond donors (Lipinski definition) is 1. The van der Waals surface area contributed by atoms with Crippen molar-refractivity contribution in [2.24, 2.45) is 5.73 Å². The Hall–Kier alpha value is -3.24. The molecule has 0 aliphatic carbocycles. The van der Waals surface area contributed by atoms with Crippen LogP contribution in [0.2, 0.25) is 0 Å². The van der Waals surface area contributed by atoms with Crippen LogP contribution in [0.5, 0.6) is 0 Å². The Kier molecular flexibility index (Phi) is 9.66. The molecule has 0 spiro atoms.